The number of halogens is 3. The van der Waals surface area contributed by atoms with Crippen LogP contribution in [0.4, 0.5) is 19.1 Å². The molecule has 1 aliphatic heterocycles. The Kier molecular flexibility index (Phi) is 6.53. The molecule has 0 atom stereocenters. The lowest BCUT2D eigenvalue weighted by atomic mass is 9.97. The molecule has 0 bridgehead atoms. The molecular formula is C20H21F3N4O3. The topological polar surface area (TPSA) is 84.4 Å². The molecule has 7 nitrogen and oxygen atoms in total. The van der Waals surface area contributed by atoms with Crippen molar-refractivity contribution in [3.63, 3.8) is 0 Å². The van der Waals surface area contributed by atoms with Crippen LogP contribution < -0.4 is 10.2 Å². The van der Waals surface area contributed by atoms with E-state index in [1.807, 2.05) is 0 Å². The van der Waals surface area contributed by atoms with E-state index in [0.717, 1.165) is 12.3 Å². The molecule has 1 N–H and O–H groups in total. The normalized spacial score (nSPS) is 15.0. The third-order valence-electron chi connectivity index (χ3n) is 4.95. The van der Waals surface area contributed by atoms with Gasteiger partial charge in [-0.2, -0.15) is 13.2 Å². The summed E-state index contributed by atoms with van der Waals surface area (Å²) in [7, 11) is 1.29. The van der Waals surface area contributed by atoms with Crippen LogP contribution in [-0.4, -0.2) is 48.6 Å². The summed E-state index contributed by atoms with van der Waals surface area (Å²) in [6.45, 7) is 1.47. The van der Waals surface area contributed by atoms with Gasteiger partial charge in [-0.15, -0.1) is 0 Å². The zero-order chi connectivity index (χ0) is 21.7. The van der Waals surface area contributed by atoms with E-state index in [9.17, 15) is 22.8 Å². The molecule has 1 saturated heterocycles. The van der Waals surface area contributed by atoms with Crippen LogP contribution in [0.5, 0.6) is 0 Å². The summed E-state index contributed by atoms with van der Waals surface area (Å²) in [5.41, 5.74) is -0.171. The van der Waals surface area contributed by atoms with E-state index in [0.29, 0.717) is 43.6 Å². The van der Waals surface area contributed by atoms with E-state index in [1.54, 1.807) is 17.0 Å². The lowest BCUT2D eigenvalue weighted by Gasteiger charge is -2.32. The molecule has 1 amide bonds. The highest BCUT2D eigenvalue weighted by molar-refractivity contribution is 5.96. The summed E-state index contributed by atoms with van der Waals surface area (Å²) in [6.07, 6.45) is -2.00. The molecule has 2 aromatic rings. The largest absolute Gasteiger partial charge is 0.465 e. The summed E-state index contributed by atoms with van der Waals surface area (Å²) in [4.78, 5) is 33.0. The highest BCUT2D eigenvalue weighted by Gasteiger charge is 2.33. The highest BCUT2D eigenvalue weighted by atomic mass is 19.4. The van der Waals surface area contributed by atoms with Gasteiger partial charge in [0.2, 0.25) is 5.95 Å². The molecule has 1 aliphatic rings. The lowest BCUT2D eigenvalue weighted by Crippen LogP contribution is -2.39. The van der Waals surface area contributed by atoms with Crippen LogP contribution in [-0.2, 0) is 10.9 Å². The number of ether oxygens (including phenoxy) is 1. The highest BCUT2D eigenvalue weighted by Crippen LogP contribution is 2.29. The van der Waals surface area contributed by atoms with Crippen molar-refractivity contribution in [1.29, 1.82) is 0 Å². The second-order valence-corrected chi connectivity index (χ2v) is 6.95. The van der Waals surface area contributed by atoms with E-state index in [-0.39, 0.29) is 17.8 Å². The van der Waals surface area contributed by atoms with Crippen molar-refractivity contribution in [1.82, 2.24) is 15.3 Å². The van der Waals surface area contributed by atoms with Crippen LogP contribution in [0.3, 0.4) is 0 Å². The maximum Gasteiger partial charge on any atom is 0.433 e. The molecule has 1 aromatic heterocycles. The standard InChI is InChI=1S/C20H21F3N4O3/c1-30-18(29)15-4-2-14(3-5-15)17(28)25-12-13-7-10-27(11-8-13)19-24-9-6-16(26-19)20(21,22)23/h2-6,9,13H,7-8,10-12H2,1H3,(H,25,28). The lowest BCUT2D eigenvalue weighted by molar-refractivity contribution is -0.141. The Balaban J connectivity index is 1.49. The number of amides is 1. The first kappa shape index (κ1) is 21.5. The van der Waals surface area contributed by atoms with Gasteiger partial charge in [0, 0.05) is 31.4 Å². The van der Waals surface area contributed by atoms with Crippen molar-refractivity contribution in [2.75, 3.05) is 31.6 Å². The minimum atomic E-state index is -4.50. The second kappa shape index (κ2) is 9.10. The molecular weight excluding hydrogens is 401 g/mol. The van der Waals surface area contributed by atoms with Crippen molar-refractivity contribution in [3.05, 3.63) is 53.3 Å². The number of carbonyl (C=O) groups is 2. The number of esters is 1. The third kappa shape index (κ3) is 5.25. The van der Waals surface area contributed by atoms with Gasteiger partial charge < -0.3 is 15.0 Å². The number of piperidine rings is 1. The Morgan fingerprint density at radius 3 is 2.37 bits per heavy atom. The minimum absolute atomic E-state index is 0.0676. The van der Waals surface area contributed by atoms with E-state index in [4.69, 9.17) is 0 Å². The number of aromatic nitrogens is 2. The minimum Gasteiger partial charge on any atom is -0.465 e. The Morgan fingerprint density at radius 1 is 1.13 bits per heavy atom. The van der Waals surface area contributed by atoms with Crippen molar-refractivity contribution in [2.24, 2.45) is 5.92 Å². The third-order valence-corrected chi connectivity index (χ3v) is 4.95. The van der Waals surface area contributed by atoms with E-state index >= 15 is 0 Å². The van der Waals surface area contributed by atoms with Crippen molar-refractivity contribution < 1.29 is 27.5 Å². The monoisotopic (exact) mass is 422 g/mol. The van der Waals surface area contributed by atoms with Gasteiger partial charge in [0.05, 0.1) is 12.7 Å². The zero-order valence-corrected chi connectivity index (χ0v) is 16.3. The molecule has 3 rings (SSSR count). The molecule has 0 spiro atoms. The molecule has 10 heteroatoms. The summed E-state index contributed by atoms with van der Waals surface area (Å²) < 4.78 is 43.1. The van der Waals surface area contributed by atoms with Gasteiger partial charge in [0.25, 0.3) is 5.91 Å². The van der Waals surface area contributed by atoms with Crippen LogP contribution >= 0.6 is 0 Å². The number of nitrogens with zero attached hydrogens (tertiary/aromatic N) is 3. The average molecular weight is 422 g/mol. The fourth-order valence-corrected chi connectivity index (χ4v) is 3.21. The Morgan fingerprint density at radius 2 is 1.77 bits per heavy atom. The Labute approximate surface area is 171 Å². The predicted molar refractivity (Wildman–Crippen MR) is 102 cm³/mol. The quantitative estimate of drug-likeness (QED) is 0.746. The van der Waals surface area contributed by atoms with Crippen LogP contribution in [0, 0.1) is 5.92 Å². The SMILES string of the molecule is COC(=O)c1ccc(C(=O)NCC2CCN(c3nccc(C(F)(F)F)n3)CC2)cc1. The van der Waals surface area contributed by atoms with Crippen LogP contribution in [0.15, 0.2) is 36.5 Å². The number of methoxy groups -OCH3 is 1. The average Bonchev–Trinajstić information content (AvgIpc) is 2.77. The van der Waals surface area contributed by atoms with E-state index in [1.165, 1.54) is 19.2 Å². The number of alkyl halides is 3. The maximum absolute atomic E-state index is 12.8. The number of rotatable bonds is 5. The number of nitrogens with one attached hydrogen (secondary N) is 1. The fraction of sp³-hybridized carbons (Fsp3) is 0.400. The number of carbonyl (C=O) groups excluding carboxylic acids is 2. The summed E-state index contributed by atoms with van der Waals surface area (Å²) in [6, 6.07) is 7.00. The van der Waals surface area contributed by atoms with Gasteiger partial charge in [0.1, 0.15) is 5.69 Å². The number of hydrogen-bond donors (Lipinski definition) is 1. The summed E-state index contributed by atoms with van der Waals surface area (Å²) in [5, 5.41) is 2.86. The van der Waals surface area contributed by atoms with Crippen molar-refractivity contribution in [3.8, 4) is 0 Å². The first-order valence-electron chi connectivity index (χ1n) is 9.39. The van der Waals surface area contributed by atoms with Gasteiger partial charge in [-0.1, -0.05) is 0 Å². The summed E-state index contributed by atoms with van der Waals surface area (Å²) in [5.74, 6) is -0.461. The van der Waals surface area contributed by atoms with Gasteiger partial charge in [-0.25, -0.2) is 14.8 Å². The van der Waals surface area contributed by atoms with Gasteiger partial charge in [-0.05, 0) is 49.1 Å². The van der Waals surface area contributed by atoms with Crippen LogP contribution in [0.2, 0.25) is 0 Å². The number of hydrogen-bond acceptors (Lipinski definition) is 6. The van der Waals surface area contributed by atoms with E-state index < -0.39 is 17.8 Å². The maximum atomic E-state index is 12.8. The smallest absolute Gasteiger partial charge is 0.433 e. The first-order valence-corrected chi connectivity index (χ1v) is 9.39. The van der Waals surface area contributed by atoms with Crippen LogP contribution in [0.25, 0.3) is 0 Å². The zero-order valence-electron chi connectivity index (χ0n) is 16.3. The van der Waals surface area contributed by atoms with Gasteiger partial charge in [-0.3, -0.25) is 4.79 Å². The Bertz CT molecular complexity index is 895. The molecule has 0 aliphatic carbocycles. The number of benzene rings is 1. The van der Waals surface area contributed by atoms with Gasteiger partial charge >= 0.3 is 12.1 Å². The molecule has 2 heterocycles. The van der Waals surface area contributed by atoms with Crippen molar-refractivity contribution >= 4 is 17.8 Å². The molecule has 160 valence electrons. The van der Waals surface area contributed by atoms with Crippen LogP contribution in [0.1, 0.15) is 39.3 Å². The van der Waals surface area contributed by atoms with E-state index in [2.05, 4.69) is 20.0 Å². The molecule has 0 radical (unpaired) electrons. The first-order chi connectivity index (χ1) is 14.3. The molecule has 30 heavy (non-hydrogen) atoms. The molecule has 1 aromatic carbocycles. The second-order valence-electron chi connectivity index (χ2n) is 6.95. The molecule has 1 fully saturated rings. The fourth-order valence-electron chi connectivity index (χ4n) is 3.21. The summed E-state index contributed by atoms with van der Waals surface area (Å²) >= 11 is 0. The predicted octanol–water partition coefficient (Wildman–Crippen LogP) is 2.93. The number of anilines is 1. The molecule has 0 saturated carbocycles. The Hall–Kier alpha value is -3.17. The van der Waals surface area contributed by atoms with Crippen molar-refractivity contribution in [2.45, 2.75) is 19.0 Å². The molecule has 0 unspecified atom stereocenters. The van der Waals surface area contributed by atoms with Gasteiger partial charge in [0.15, 0.2) is 0 Å².